The van der Waals surface area contributed by atoms with Crippen LogP contribution in [0.1, 0.15) is 10.4 Å². The molecule has 0 aromatic heterocycles. The molecule has 0 spiro atoms. The number of nitrogens with one attached hydrogen (secondary N) is 1. The van der Waals surface area contributed by atoms with Gasteiger partial charge in [0.2, 0.25) is 0 Å². The first kappa shape index (κ1) is 17.9. The Morgan fingerprint density at radius 3 is 2.58 bits per heavy atom. The first-order chi connectivity index (χ1) is 12.6. The Kier molecular flexibility index (Phi) is 5.50. The molecule has 132 valence electrons. The molecule has 6 nitrogen and oxygen atoms in total. The van der Waals surface area contributed by atoms with Crippen LogP contribution in [-0.4, -0.2) is 28.3 Å². The SMILES string of the molecule is O=C(Nc1ccc2ccccc2c1)c1ccc(SCCO)c([N+](=O)[O-])c1. The van der Waals surface area contributed by atoms with Crippen molar-refractivity contribution < 1.29 is 14.8 Å². The highest BCUT2D eigenvalue weighted by Gasteiger charge is 2.18. The highest BCUT2D eigenvalue weighted by Crippen LogP contribution is 2.30. The van der Waals surface area contributed by atoms with Gasteiger partial charge in [-0.3, -0.25) is 14.9 Å². The third-order valence-electron chi connectivity index (χ3n) is 3.77. The van der Waals surface area contributed by atoms with Crippen molar-refractivity contribution in [3.8, 4) is 0 Å². The van der Waals surface area contributed by atoms with Crippen LogP contribution in [0.15, 0.2) is 65.6 Å². The lowest BCUT2D eigenvalue weighted by Gasteiger charge is -2.08. The van der Waals surface area contributed by atoms with Crippen LogP contribution in [0.5, 0.6) is 0 Å². The van der Waals surface area contributed by atoms with Gasteiger partial charge in [0.15, 0.2) is 0 Å². The molecule has 0 saturated heterocycles. The molecular weight excluding hydrogens is 352 g/mol. The summed E-state index contributed by atoms with van der Waals surface area (Å²) >= 11 is 1.18. The van der Waals surface area contributed by atoms with Crippen LogP contribution in [0, 0.1) is 10.1 Å². The molecular formula is C19H16N2O4S. The molecule has 0 radical (unpaired) electrons. The van der Waals surface area contributed by atoms with Crippen LogP contribution >= 0.6 is 11.8 Å². The second kappa shape index (κ2) is 7.99. The Morgan fingerprint density at radius 1 is 1.08 bits per heavy atom. The Balaban J connectivity index is 1.84. The number of fused-ring (bicyclic) bond motifs is 1. The fraction of sp³-hybridized carbons (Fsp3) is 0.105. The van der Waals surface area contributed by atoms with E-state index in [0.717, 1.165) is 10.8 Å². The van der Waals surface area contributed by atoms with Crippen molar-refractivity contribution in [2.24, 2.45) is 0 Å². The van der Waals surface area contributed by atoms with Gasteiger partial charge in [0.1, 0.15) is 0 Å². The van der Waals surface area contributed by atoms with Crippen molar-refractivity contribution in [2.75, 3.05) is 17.7 Å². The number of nitro benzene ring substituents is 1. The topological polar surface area (TPSA) is 92.5 Å². The van der Waals surface area contributed by atoms with Crippen LogP contribution in [0.2, 0.25) is 0 Å². The van der Waals surface area contributed by atoms with Crippen molar-refractivity contribution in [2.45, 2.75) is 4.90 Å². The van der Waals surface area contributed by atoms with Crippen LogP contribution < -0.4 is 5.32 Å². The third kappa shape index (κ3) is 4.01. The summed E-state index contributed by atoms with van der Waals surface area (Å²) in [7, 11) is 0. The van der Waals surface area contributed by atoms with E-state index in [9.17, 15) is 14.9 Å². The maximum Gasteiger partial charge on any atom is 0.283 e. The fourth-order valence-electron chi connectivity index (χ4n) is 2.55. The number of hydrogen-bond acceptors (Lipinski definition) is 5. The summed E-state index contributed by atoms with van der Waals surface area (Å²) in [5.41, 5.74) is 0.683. The fourth-order valence-corrected chi connectivity index (χ4v) is 3.31. The number of nitro groups is 1. The summed E-state index contributed by atoms with van der Waals surface area (Å²) in [6.45, 7) is -0.0774. The first-order valence-electron chi connectivity index (χ1n) is 7.91. The Morgan fingerprint density at radius 2 is 1.85 bits per heavy atom. The summed E-state index contributed by atoms with van der Waals surface area (Å²) in [6, 6.07) is 17.7. The number of thioether (sulfide) groups is 1. The van der Waals surface area contributed by atoms with Crippen molar-refractivity contribution in [3.05, 3.63) is 76.3 Å². The van der Waals surface area contributed by atoms with E-state index in [2.05, 4.69) is 5.32 Å². The van der Waals surface area contributed by atoms with Crippen molar-refractivity contribution in [1.29, 1.82) is 0 Å². The van der Waals surface area contributed by atoms with E-state index in [1.807, 2.05) is 36.4 Å². The summed E-state index contributed by atoms with van der Waals surface area (Å²) in [4.78, 5) is 23.6. The maximum absolute atomic E-state index is 12.5. The molecule has 0 atom stereocenters. The van der Waals surface area contributed by atoms with E-state index in [-0.39, 0.29) is 17.9 Å². The Hall–Kier alpha value is -2.90. The lowest BCUT2D eigenvalue weighted by atomic mass is 10.1. The van der Waals surface area contributed by atoms with Crippen LogP contribution in [0.3, 0.4) is 0 Å². The predicted octanol–water partition coefficient (Wildman–Crippen LogP) is 4.08. The van der Waals surface area contributed by atoms with Crippen molar-refractivity contribution in [3.63, 3.8) is 0 Å². The number of hydrogen-bond donors (Lipinski definition) is 2. The monoisotopic (exact) mass is 368 g/mol. The smallest absolute Gasteiger partial charge is 0.283 e. The van der Waals surface area contributed by atoms with Gasteiger partial charge >= 0.3 is 0 Å². The summed E-state index contributed by atoms with van der Waals surface area (Å²) in [6.07, 6.45) is 0. The van der Waals surface area contributed by atoms with Gasteiger partial charge in [-0.05, 0) is 35.0 Å². The lowest BCUT2D eigenvalue weighted by Crippen LogP contribution is -2.12. The van der Waals surface area contributed by atoms with Crippen LogP contribution in [0.4, 0.5) is 11.4 Å². The number of carbonyl (C=O) groups excluding carboxylic acids is 1. The van der Waals surface area contributed by atoms with Gasteiger partial charge < -0.3 is 10.4 Å². The quantitative estimate of drug-likeness (QED) is 0.388. The van der Waals surface area contributed by atoms with Crippen LogP contribution in [0.25, 0.3) is 10.8 Å². The van der Waals surface area contributed by atoms with Crippen LogP contribution in [-0.2, 0) is 0 Å². The van der Waals surface area contributed by atoms with E-state index < -0.39 is 10.8 Å². The lowest BCUT2D eigenvalue weighted by molar-refractivity contribution is -0.387. The highest BCUT2D eigenvalue weighted by molar-refractivity contribution is 7.99. The average Bonchev–Trinajstić information content (AvgIpc) is 2.66. The molecule has 0 aliphatic heterocycles. The first-order valence-corrected chi connectivity index (χ1v) is 8.89. The highest BCUT2D eigenvalue weighted by atomic mass is 32.2. The Bertz CT molecular complexity index is 975. The molecule has 0 saturated carbocycles. The molecule has 0 unspecified atom stereocenters. The summed E-state index contributed by atoms with van der Waals surface area (Å²) in [5, 5.41) is 25.0. The molecule has 3 aromatic rings. The van der Waals surface area contributed by atoms with Crippen molar-refractivity contribution >= 4 is 39.8 Å². The zero-order valence-electron chi connectivity index (χ0n) is 13.7. The molecule has 0 bridgehead atoms. The molecule has 2 N–H and O–H groups in total. The standard InChI is InChI=1S/C19H16N2O4S/c22-9-10-26-18-8-6-15(12-17(18)21(24)25)19(23)20-16-7-5-13-3-1-2-4-14(13)11-16/h1-8,11-12,22H,9-10H2,(H,20,23). The minimum Gasteiger partial charge on any atom is -0.396 e. The summed E-state index contributed by atoms with van der Waals surface area (Å²) < 4.78 is 0. The number of rotatable bonds is 6. The summed E-state index contributed by atoms with van der Waals surface area (Å²) in [5.74, 6) is -0.0641. The average molecular weight is 368 g/mol. The molecule has 0 aliphatic rings. The molecule has 0 aliphatic carbocycles. The van der Waals surface area contributed by atoms with Gasteiger partial charge in [-0.2, -0.15) is 0 Å². The third-order valence-corrected chi connectivity index (χ3v) is 4.82. The number of benzene rings is 3. The predicted molar refractivity (Wildman–Crippen MR) is 103 cm³/mol. The van der Waals surface area contributed by atoms with Gasteiger partial charge in [0, 0.05) is 23.1 Å². The van der Waals surface area contributed by atoms with E-state index in [1.54, 1.807) is 12.1 Å². The molecule has 0 heterocycles. The van der Waals surface area contributed by atoms with Gasteiger partial charge in [-0.15, -0.1) is 11.8 Å². The van der Waals surface area contributed by atoms with E-state index >= 15 is 0 Å². The molecule has 3 aromatic carbocycles. The zero-order valence-corrected chi connectivity index (χ0v) is 14.5. The number of aliphatic hydroxyl groups is 1. The number of aliphatic hydroxyl groups excluding tert-OH is 1. The minimum absolute atomic E-state index is 0.0774. The molecule has 26 heavy (non-hydrogen) atoms. The van der Waals surface area contributed by atoms with Crippen molar-refractivity contribution in [1.82, 2.24) is 0 Å². The van der Waals surface area contributed by atoms with E-state index in [1.165, 1.54) is 23.9 Å². The second-order valence-electron chi connectivity index (χ2n) is 5.53. The largest absolute Gasteiger partial charge is 0.396 e. The number of anilines is 1. The Labute approximate surface area is 154 Å². The number of amides is 1. The molecule has 7 heteroatoms. The van der Waals surface area contributed by atoms with Gasteiger partial charge in [-0.1, -0.05) is 30.3 Å². The second-order valence-corrected chi connectivity index (χ2v) is 6.66. The molecule has 1 amide bonds. The van der Waals surface area contributed by atoms with Gasteiger partial charge in [0.05, 0.1) is 16.4 Å². The van der Waals surface area contributed by atoms with E-state index in [4.69, 9.17) is 5.11 Å². The molecule has 3 rings (SSSR count). The number of nitrogens with zero attached hydrogens (tertiary/aromatic N) is 1. The molecule has 0 fully saturated rings. The number of carbonyl (C=O) groups is 1. The maximum atomic E-state index is 12.5. The normalized spacial score (nSPS) is 10.7. The zero-order chi connectivity index (χ0) is 18.5. The van der Waals surface area contributed by atoms with Gasteiger partial charge in [0.25, 0.3) is 11.6 Å². The van der Waals surface area contributed by atoms with E-state index in [0.29, 0.717) is 16.3 Å². The van der Waals surface area contributed by atoms with Gasteiger partial charge in [-0.25, -0.2) is 0 Å². The minimum atomic E-state index is -0.521.